The van der Waals surface area contributed by atoms with Crippen molar-refractivity contribution in [3.63, 3.8) is 0 Å². The fourth-order valence-corrected chi connectivity index (χ4v) is 2.05. The lowest BCUT2D eigenvalue weighted by molar-refractivity contribution is 0.141. The first-order valence-electron chi connectivity index (χ1n) is 5.28. The summed E-state index contributed by atoms with van der Waals surface area (Å²) in [5.74, 6) is 0.691. The van der Waals surface area contributed by atoms with Gasteiger partial charge in [0.1, 0.15) is 11.9 Å². The molecule has 2 aromatic rings. The predicted molar refractivity (Wildman–Crippen MR) is 64.3 cm³/mol. The second kappa shape index (κ2) is 5.94. The molecular formula is C11H12FN3O2S. The molecule has 0 aliphatic carbocycles. The highest BCUT2D eigenvalue weighted by molar-refractivity contribution is 7.98. The molecule has 0 amide bonds. The van der Waals surface area contributed by atoms with E-state index in [1.165, 1.54) is 23.9 Å². The Morgan fingerprint density at radius 2 is 2.33 bits per heavy atom. The predicted octanol–water partition coefficient (Wildman–Crippen LogP) is 1.49. The average Bonchev–Trinajstić information content (AvgIpc) is 2.84. The van der Waals surface area contributed by atoms with E-state index in [1.807, 2.05) is 0 Å². The van der Waals surface area contributed by atoms with E-state index in [-0.39, 0.29) is 18.3 Å². The van der Waals surface area contributed by atoms with Gasteiger partial charge < -0.3 is 15.4 Å². The maximum Gasteiger partial charge on any atom is 0.256 e. The van der Waals surface area contributed by atoms with Crippen molar-refractivity contribution in [2.24, 2.45) is 5.73 Å². The number of thioether (sulfide) groups is 1. The highest BCUT2D eigenvalue weighted by atomic mass is 32.2. The Labute approximate surface area is 107 Å². The minimum Gasteiger partial charge on any atom is -0.382 e. The van der Waals surface area contributed by atoms with Crippen LogP contribution in [0.3, 0.4) is 0 Å². The molecule has 0 fully saturated rings. The third-order valence-electron chi connectivity index (χ3n) is 2.16. The van der Waals surface area contributed by atoms with Crippen LogP contribution in [0.15, 0.2) is 33.7 Å². The van der Waals surface area contributed by atoms with Crippen molar-refractivity contribution >= 4 is 11.8 Å². The average molecular weight is 269 g/mol. The second-order valence-corrected chi connectivity index (χ2v) is 4.60. The lowest BCUT2D eigenvalue weighted by atomic mass is 10.4. The van der Waals surface area contributed by atoms with Crippen LogP contribution in [-0.4, -0.2) is 21.8 Å². The van der Waals surface area contributed by atoms with Crippen LogP contribution in [0.2, 0.25) is 0 Å². The fraction of sp³-hybridized carbons (Fsp3) is 0.273. The number of halogens is 1. The van der Waals surface area contributed by atoms with Gasteiger partial charge >= 0.3 is 0 Å². The number of nitrogens with two attached hydrogens (primary N) is 1. The maximum atomic E-state index is 12.9. The van der Waals surface area contributed by atoms with Crippen LogP contribution in [0.4, 0.5) is 4.39 Å². The summed E-state index contributed by atoms with van der Waals surface area (Å²) in [5.41, 5.74) is 5.27. The number of rotatable bonds is 5. The van der Waals surface area contributed by atoms with Gasteiger partial charge in [0, 0.05) is 11.4 Å². The van der Waals surface area contributed by atoms with E-state index in [9.17, 15) is 9.50 Å². The third-order valence-corrected chi connectivity index (χ3v) is 3.15. The van der Waals surface area contributed by atoms with Gasteiger partial charge in [-0.15, -0.1) is 11.8 Å². The quantitative estimate of drug-likeness (QED) is 0.800. The molecule has 1 heterocycles. The molecular weight excluding hydrogens is 257 g/mol. The van der Waals surface area contributed by atoms with Gasteiger partial charge in [-0.3, -0.25) is 0 Å². The first kappa shape index (κ1) is 13.0. The highest BCUT2D eigenvalue weighted by Gasteiger charge is 2.14. The van der Waals surface area contributed by atoms with E-state index in [2.05, 4.69) is 10.1 Å². The molecule has 1 unspecified atom stereocenters. The van der Waals surface area contributed by atoms with Gasteiger partial charge in [-0.25, -0.2) is 4.39 Å². The lowest BCUT2D eigenvalue weighted by Gasteiger charge is -1.99. The molecule has 5 nitrogen and oxygen atoms in total. The van der Waals surface area contributed by atoms with Crippen molar-refractivity contribution in [2.45, 2.75) is 16.8 Å². The van der Waals surface area contributed by atoms with Crippen LogP contribution in [0, 0.1) is 5.82 Å². The number of aliphatic hydroxyl groups is 1. The zero-order valence-electron chi connectivity index (χ0n) is 9.41. The highest BCUT2D eigenvalue weighted by Crippen LogP contribution is 2.22. The van der Waals surface area contributed by atoms with Crippen molar-refractivity contribution in [3.05, 3.63) is 41.8 Å². The minimum atomic E-state index is -0.939. The van der Waals surface area contributed by atoms with Gasteiger partial charge in [-0.1, -0.05) is 11.2 Å². The topological polar surface area (TPSA) is 85.2 Å². The van der Waals surface area contributed by atoms with Gasteiger partial charge in [-0.05, 0) is 18.2 Å². The minimum absolute atomic E-state index is 0.0265. The summed E-state index contributed by atoms with van der Waals surface area (Å²) in [6.45, 7) is 0.0265. The summed E-state index contributed by atoms with van der Waals surface area (Å²) in [6.07, 6.45) is -0.939. The Bertz CT molecular complexity index is 520. The summed E-state index contributed by atoms with van der Waals surface area (Å²) in [4.78, 5) is 4.77. The fourth-order valence-electron chi connectivity index (χ4n) is 1.27. The monoisotopic (exact) mass is 269 g/mol. The van der Waals surface area contributed by atoms with Crippen LogP contribution in [-0.2, 0) is 5.75 Å². The summed E-state index contributed by atoms with van der Waals surface area (Å²) < 4.78 is 17.8. The molecule has 1 aromatic carbocycles. The van der Waals surface area contributed by atoms with E-state index in [0.717, 1.165) is 4.90 Å². The maximum absolute atomic E-state index is 12.9. The Kier molecular flexibility index (Phi) is 4.29. The molecule has 0 radical (unpaired) electrons. The molecule has 96 valence electrons. The molecule has 0 saturated carbocycles. The summed E-state index contributed by atoms with van der Waals surface area (Å²) in [6, 6.07) is 6.25. The largest absolute Gasteiger partial charge is 0.382 e. The van der Waals surface area contributed by atoms with E-state index >= 15 is 0 Å². The van der Waals surface area contributed by atoms with Gasteiger partial charge in [0.05, 0.1) is 5.75 Å². The molecule has 2 rings (SSSR count). The Morgan fingerprint density at radius 1 is 1.50 bits per heavy atom. The zero-order chi connectivity index (χ0) is 13.0. The molecule has 1 atom stereocenters. The third kappa shape index (κ3) is 3.28. The first-order chi connectivity index (χ1) is 8.69. The molecule has 0 spiro atoms. The molecule has 0 bridgehead atoms. The van der Waals surface area contributed by atoms with E-state index in [4.69, 9.17) is 10.3 Å². The second-order valence-electron chi connectivity index (χ2n) is 3.55. The van der Waals surface area contributed by atoms with Crippen molar-refractivity contribution in [2.75, 3.05) is 6.54 Å². The molecule has 7 heteroatoms. The van der Waals surface area contributed by atoms with Crippen LogP contribution in [0.25, 0.3) is 0 Å². The standard InChI is InChI=1S/C11H12FN3O2S/c12-7-2-1-3-8(4-7)18-6-10-14-11(17-15-10)9(16)5-13/h1-4,9,16H,5-6,13H2. The number of aliphatic hydroxyl groups excluding tert-OH is 1. The van der Waals surface area contributed by atoms with Crippen molar-refractivity contribution in [1.82, 2.24) is 10.1 Å². The normalized spacial score (nSPS) is 12.6. The number of benzene rings is 1. The number of aromatic nitrogens is 2. The molecule has 1 aromatic heterocycles. The molecule has 0 aliphatic rings. The number of hydrogen-bond donors (Lipinski definition) is 2. The smallest absolute Gasteiger partial charge is 0.256 e. The van der Waals surface area contributed by atoms with Crippen LogP contribution >= 0.6 is 11.8 Å². The van der Waals surface area contributed by atoms with Gasteiger partial charge in [0.15, 0.2) is 5.82 Å². The van der Waals surface area contributed by atoms with Gasteiger partial charge in [-0.2, -0.15) is 4.98 Å². The van der Waals surface area contributed by atoms with E-state index in [1.54, 1.807) is 12.1 Å². The molecule has 3 N–H and O–H groups in total. The zero-order valence-corrected chi connectivity index (χ0v) is 10.2. The van der Waals surface area contributed by atoms with Crippen molar-refractivity contribution in [3.8, 4) is 0 Å². The van der Waals surface area contributed by atoms with Crippen molar-refractivity contribution in [1.29, 1.82) is 0 Å². The molecule has 0 saturated heterocycles. The van der Waals surface area contributed by atoms with Crippen LogP contribution < -0.4 is 5.73 Å². The van der Waals surface area contributed by atoms with E-state index in [0.29, 0.717) is 11.6 Å². The molecule has 0 aliphatic heterocycles. The molecule has 18 heavy (non-hydrogen) atoms. The number of hydrogen-bond acceptors (Lipinski definition) is 6. The Hall–Kier alpha value is -1.44. The SMILES string of the molecule is NCC(O)c1nc(CSc2cccc(F)c2)no1. The number of nitrogens with zero attached hydrogens (tertiary/aromatic N) is 2. The van der Waals surface area contributed by atoms with Crippen LogP contribution in [0.1, 0.15) is 17.8 Å². The van der Waals surface area contributed by atoms with E-state index < -0.39 is 6.10 Å². The Balaban J connectivity index is 1.96. The summed E-state index contributed by atoms with van der Waals surface area (Å²) >= 11 is 1.38. The summed E-state index contributed by atoms with van der Waals surface area (Å²) in [5, 5.41) is 13.1. The van der Waals surface area contributed by atoms with Gasteiger partial charge in [0.25, 0.3) is 5.89 Å². The first-order valence-corrected chi connectivity index (χ1v) is 6.26. The van der Waals surface area contributed by atoms with Crippen LogP contribution in [0.5, 0.6) is 0 Å². The Morgan fingerprint density at radius 3 is 3.06 bits per heavy atom. The lowest BCUT2D eigenvalue weighted by Crippen LogP contribution is -2.11. The van der Waals surface area contributed by atoms with Crippen molar-refractivity contribution < 1.29 is 14.0 Å². The van der Waals surface area contributed by atoms with Gasteiger partial charge in [0.2, 0.25) is 0 Å². The summed E-state index contributed by atoms with van der Waals surface area (Å²) in [7, 11) is 0.